The Morgan fingerprint density at radius 1 is 1.30 bits per heavy atom. The molecule has 0 fully saturated rings. The summed E-state index contributed by atoms with van der Waals surface area (Å²) in [6.07, 6.45) is 3.06. The van der Waals surface area contributed by atoms with E-state index in [1.807, 2.05) is 18.2 Å². The minimum Gasteiger partial charge on any atom is -0.348 e. The second kappa shape index (κ2) is 6.46. The van der Waals surface area contributed by atoms with Crippen LogP contribution in [0.2, 0.25) is 0 Å². The van der Waals surface area contributed by atoms with E-state index in [2.05, 4.69) is 48.2 Å². The van der Waals surface area contributed by atoms with Crippen molar-refractivity contribution in [3.63, 3.8) is 0 Å². The number of carbonyl (C=O) groups is 1. The highest BCUT2D eigenvalue weighted by molar-refractivity contribution is 5.92. The van der Waals surface area contributed by atoms with Crippen molar-refractivity contribution in [2.24, 2.45) is 5.92 Å². The summed E-state index contributed by atoms with van der Waals surface area (Å²) in [5.41, 5.74) is 1.97. The van der Waals surface area contributed by atoms with Gasteiger partial charge in [0.25, 0.3) is 0 Å². The Balaban J connectivity index is 2.00. The van der Waals surface area contributed by atoms with Gasteiger partial charge in [-0.3, -0.25) is 0 Å². The van der Waals surface area contributed by atoms with Crippen molar-refractivity contribution in [2.75, 3.05) is 11.9 Å². The van der Waals surface area contributed by atoms with E-state index >= 15 is 0 Å². The summed E-state index contributed by atoms with van der Waals surface area (Å²) in [6.45, 7) is 8.03. The first kappa shape index (κ1) is 14.4. The fourth-order valence-corrected chi connectivity index (χ4v) is 2.19. The van der Waals surface area contributed by atoms with Gasteiger partial charge in [0.15, 0.2) is 0 Å². The minimum absolute atomic E-state index is 0.139. The highest BCUT2D eigenvalue weighted by atomic mass is 16.2. The van der Waals surface area contributed by atoms with Crippen LogP contribution < -0.4 is 10.6 Å². The van der Waals surface area contributed by atoms with E-state index in [1.165, 1.54) is 5.39 Å². The van der Waals surface area contributed by atoms with Crippen molar-refractivity contribution < 1.29 is 4.79 Å². The van der Waals surface area contributed by atoms with Crippen LogP contribution >= 0.6 is 0 Å². The maximum Gasteiger partial charge on any atom is 0.319 e. The van der Waals surface area contributed by atoms with E-state index in [0.29, 0.717) is 12.5 Å². The summed E-state index contributed by atoms with van der Waals surface area (Å²) in [5, 5.41) is 6.95. The van der Waals surface area contributed by atoms with E-state index in [9.17, 15) is 4.79 Å². The zero-order valence-corrected chi connectivity index (χ0v) is 12.4. The number of hydrogen-bond acceptors (Lipinski definition) is 1. The molecule has 4 heteroatoms. The summed E-state index contributed by atoms with van der Waals surface area (Å²) in [5.74, 6) is 0.597. The van der Waals surface area contributed by atoms with Gasteiger partial charge in [-0.25, -0.2) is 4.79 Å². The molecule has 2 N–H and O–H groups in total. The van der Waals surface area contributed by atoms with Crippen molar-refractivity contribution in [3.8, 4) is 0 Å². The third-order valence-electron chi connectivity index (χ3n) is 3.38. The van der Waals surface area contributed by atoms with Gasteiger partial charge in [-0.15, -0.1) is 0 Å². The van der Waals surface area contributed by atoms with Crippen LogP contribution in [-0.2, 0) is 6.54 Å². The maximum atomic E-state index is 11.8. The van der Waals surface area contributed by atoms with Crippen molar-refractivity contribution in [1.82, 2.24) is 9.88 Å². The lowest BCUT2D eigenvalue weighted by Crippen LogP contribution is -2.30. The Morgan fingerprint density at radius 3 is 2.80 bits per heavy atom. The minimum atomic E-state index is -0.139. The van der Waals surface area contributed by atoms with E-state index in [4.69, 9.17) is 0 Å². The monoisotopic (exact) mass is 273 g/mol. The van der Waals surface area contributed by atoms with Crippen LogP contribution in [-0.4, -0.2) is 17.1 Å². The van der Waals surface area contributed by atoms with E-state index in [1.54, 1.807) is 0 Å². The number of urea groups is 1. The van der Waals surface area contributed by atoms with Gasteiger partial charge < -0.3 is 15.2 Å². The van der Waals surface area contributed by atoms with Crippen LogP contribution in [0.25, 0.3) is 10.9 Å². The summed E-state index contributed by atoms with van der Waals surface area (Å²) < 4.78 is 2.16. The second-order valence-corrected chi connectivity index (χ2v) is 5.44. The van der Waals surface area contributed by atoms with Crippen LogP contribution in [0.1, 0.15) is 27.2 Å². The first-order valence-corrected chi connectivity index (χ1v) is 7.24. The van der Waals surface area contributed by atoms with E-state index in [-0.39, 0.29) is 6.03 Å². The number of aryl methyl sites for hydroxylation is 1. The fourth-order valence-electron chi connectivity index (χ4n) is 2.19. The molecule has 0 unspecified atom stereocenters. The van der Waals surface area contributed by atoms with Gasteiger partial charge in [0.1, 0.15) is 0 Å². The molecule has 0 radical (unpaired) electrons. The topological polar surface area (TPSA) is 46.1 Å². The fraction of sp³-hybridized carbons (Fsp3) is 0.438. The van der Waals surface area contributed by atoms with Gasteiger partial charge in [-0.1, -0.05) is 19.9 Å². The molecule has 0 spiro atoms. The molecule has 0 bridgehead atoms. The number of nitrogens with zero attached hydrogens (tertiary/aromatic N) is 1. The maximum absolute atomic E-state index is 11.8. The van der Waals surface area contributed by atoms with Crippen molar-refractivity contribution >= 4 is 22.6 Å². The molecule has 0 aliphatic rings. The van der Waals surface area contributed by atoms with Crippen LogP contribution in [0.15, 0.2) is 30.5 Å². The molecule has 0 saturated carbocycles. The van der Waals surface area contributed by atoms with Crippen molar-refractivity contribution in [2.45, 2.75) is 33.7 Å². The number of amides is 2. The molecule has 1 aromatic carbocycles. The number of benzene rings is 1. The second-order valence-electron chi connectivity index (χ2n) is 5.44. The van der Waals surface area contributed by atoms with Crippen LogP contribution in [0, 0.1) is 5.92 Å². The SMILES string of the molecule is CCn1ccc2ccc(NC(=O)NCCC(C)C)cc21. The average molecular weight is 273 g/mol. The first-order valence-electron chi connectivity index (χ1n) is 7.24. The van der Waals surface area contributed by atoms with Crippen LogP contribution in [0.5, 0.6) is 0 Å². The Morgan fingerprint density at radius 2 is 2.10 bits per heavy atom. The summed E-state index contributed by atoms with van der Waals surface area (Å²) in [6, 6.07) is 7.93. The highest BCUT2D eigenvalue weighted by Crippen LogP contribution is 2.20. The first-order chi connectivity index (χ1) is 9.60. The molecule has 2 aromatic rings. The van der Waals surface area contributed by atoms with Crippen molar-refractivity contribution in [1.29, 1.82) is 0 Å². The molecular formula is C16H23N3O. The van der Waals surface area contributed by atoms with Gasteiger partial charge in [0, 0.05) is 25.0 Å². The van der Waals surface area contributed by atoms with Gasteiger partial charge >= 0.3 is 6.03 Å². The van der Waals surface area contributed by atoms with Crippen LogP contribution in [0.3, 0.4) is 0 Å². The standard InChI is InChI=1S/C16H23N3O/c1-4-19-10-8-13-5-6-14(11-15(13)19)18-16(20)17-9-7-12(2)3/h5-6,8,10-12H,4,7,9H2,1-3H3,(H2,17,18,20). The Hall–Kier alpha value is -1.97. The van der Waals surface area contributed by atoms with Gasteiger partial charge in [-0.05, 0) is 42.8 Å². The zero-order chi connectivity index (χ0) is 14.5. The largest absolute Gasteiger partial charge is 0.348 e. The Labute approximate surface area is 120 Å². The zero-order valence-electron chi connectivity index (χ0n) is 12.4. The number of aromatic nitrogens is 1. The van der Waals surface area contributed by atoms with Gasteiger partial charge in [-0.2, -0.15) is 0 Å². The molecule has 4 nitrogen and oxygen atoms in total. The third kappa shape index (κ3) is 3.53. The predicted octanol–water partition coefficient (Wildman–Crippen LogP) is 3.83. The normalized spacial score (nSPS) is 11.0. The number of hydrogen-bond donors (Lipinski definition) is 2. The number of carbonyl (C=O) groups excluding carboxylic acids is 1. The lowest BCUT2D eigenvalue weighted by atomic mass is 10.1. The molecule has 0 saturated heterocycles. The average Bonchev–Trinajstić information content (AvgIpc) is 2.80. The third-order valence-corrected chi connectivity index (χ3v) is 3.38. The van der Waals surface area contributed by atoms with Crippen LogP contribution in [0.4, 0.5) is 10.5 Å². The Bertz CT molecular complexity index is 586. The molecule has 0 aliphatic heterocycles. The van der Waals surface area contributed by atoms with E-state index < -0.39 is 0 Å². The predicted molar refractivity (Wildman–Crippen MR) is 84.1 cm³/mol. The molecule has 0 aliphatic carbocycles. The number of rotatable bonds is 5. The molecular weight excluding hydrogens is 250 g/mol. The lowest BCUT2D eigenvalue weighted by molar-refractivity contribution is 0.251. The molecule has 1 aromatic heterocycles. The number of anilines is 1. The van der Waals surface area contributed by atoms with E-state index in [0.717, 1.165) is 24.2 Å². The summed E-state index contributed by atoms with van der Waals surface area (Å²) in [4.78, 5) is 11.8. The number of nitrogens with one attached hydrogen (secondary N) is 2. The molecule has 1 heterocycles. The van der Waals surface area contributed by atoms with Crippen molar-refractivity contribution in [3.05, 3.63) is 30.5 Å². The molecule has 2 rings (SSSR count). The number of fused-ring (bicyclic) bond motifs is 1. The summed E-state index contributed by atoms with van der Waals surface area (Å²) in [7, 11) is 0. The quantitative estimate of drug-likeness (QED) is 0.854. The molecule has 108 valence electrons. The molecule has 2 amide bonds. The highest BCUT2D eigenvalue weighted by Gasteiger charge is 2.05. The smallest absolute Gasteiger partial charge is 0.319 e. The van der Waals surface area contributed by atoms with Gasteiger partial charge in [0.05, 0.1) is 5.52 Å². The lowest BCUT2D eigenvalue weighted by Gasteiger charge is -2.09. The molecule has 0 atom stereocenters. The molecule has 20 heavy (non-hydrogen) atoms. The summed E-state index contributed by atoms with van der Waals surface area (Å²) >= 11 is 0. The Kier molecular flexibility index (Phi) is 4.66. The van der Waals surface area contributed by atoms with Gasteiger partial charge in [0.2, 0.25) is 0 Å².